The van der Waals surface area contributed by atoms with Gasteiger partial charge >= 0.3 is 0 Å². The van der Waals surface area contributed by atoms with E-state index >= 15 is 0 Å². The Kier molecular flexibility index (Phi) is 1.07. The maximum atomic E-state index is 9.63. The van der Waals surface area contributed by atoms with E-state index < -0.39 is 0 Å². The Hall–Kier alpha value is -0.300. The summed E-state index contributed by atoms with van der Waals surface area (Å²) in [5, 5.41) is 9.63. The topological polar surface area (TPSA) is 20.2 Å². The Labute approximate surface area is 67.1 Å². The molecule has 0 aromatic rings. The molecule has 3 aliphatic carbocycles. The molecule has 0 heterocycles. The molecule has 0 saturated heterocycles. The van der Waals surface area contributed by atoms with Crippen molar-refractivity contribution in [1.82, 2.24) is 0 Å². The second kappa shape index (κ2) is 1.89. The van der Waals surface area contributed by atoms with E-state index in [0.29, 0.717) is 5.92 Å². The molecular formula is C10H14O. The predicted octanol–water partition coefficient (Wildman–Crippen LogP) is 1.58. The van der Waals surface area contributed by atoms with Gasteiger partial charge in [0, 0.05) is 0 Å². The highest BCUT2D eigenvalue weighted by atomic mass is 16.3. The van der Waals surface area contributed by atoms with Crippen molar-refractivity contribution in [1.29, 1.82) is 0 Å². The first-order valence-corrected chi connectivity index (χ1v) is 4.72. The molecule has 0 spiro atoms. The van der Waals surface area contributed by atoms with Crippen molar-refractivity contribution in [2.45, 2.75) is 25.4 Å². The lowest BCUT2D eigenvalue weighted by atomic mass is 9.81. The third-order valence-corrected chi connectivity index (χ3v) is 4.00. The molecule has 3 rings (SSSR count). The van der Waals surface area contributed by atoms with Crippen LogP contribution in [0.15, 0.2) is 12.2 Å². The zero-order chi connectivity index (χ0) is 7.42. The molecule has 1 nitrogen and oxygen atoms in total. The van der Waals surface area contributed by atoms with Gasteiger partial charge in [-0.15, -0.1) is 0 Å². The SMILES string of the molecule is OC1C=CC2C3CCC2C1C3. The smallest absolute Gasteiger partial charge is 0.0752 e. The molecule has 2 saturated carbocycles. The van der Waals surface area contributed by atoms with Crippen LogP contribution in [0.2, 0.25) is 0 Å². The second-order valence-electron chi connectivity index (χ2n) is 4.35. The molecule has 0 aliphatic heterocycles. The fourth-order valence-corrected chi connectivity index (χ4v) is 3.52. The fourth-order valence-electron chi connectivity index (χ4n) is 3.52. The van der Waals surface area contributed by atoms with E-state index in [1.165, 1.54) is 19.3 Å². The van der Waals surface area contributed by atoms with Crippen molar-refractivity contribution >= 4 is 0 Å². The quantitative estimate of drug-likeness (QED) is 0.520. The third kappa shape index (κ3) is 0.652. The molecule has 0 aromatic heterocycles. The first kappa shape index (κ1) is 6.24. The monoisotopic (exact) mass is 150 g/mol. The summed E-state index contributed by atoms with van der Waals surface area (Å²) in [6, 6.07) is 0. The standard InChI is InChI=1S/C10H14O/c11-10-4-3-7-6-1-2-8(7)9(10)5-6/h3-4,6-11H,1-2,5H2. The van der Waals surface area contributed by atoms with Gasteiger partial charge in [0.1, 0.15) is 0 Å². The van der Waals surface area contributed by atoms with Gasteiger partial charge in [-0.3, -0.25) is 0 Å². The van der Waals surface area contributed by atoms with E-state index in [2.05, 4.69) is 6.08 Å². The molecule has 3 aliphatic rings. The van der Waals surface area contributed by atoms with Crippen LogP contribution in [0.4, 0.5) is 0 Å². The number of rotatable bonds is 0. The van der Waals surface area contributed by atoms with Gasteiger partial charge in [-0.1, -0.05) is 12.2 Å². The van der Waals surface area contributed by atoms with Gasteiger partial charge in [-0.25, -0.2) is 0 Å². The molecule has 4 bridgehead atoms. The number of hydrogen-bond acceptors (Lipinski definition) is 1. The number of aliphatic hydroxyl groups is 1. The van der Waals surface area contributed by atoms with Crippen LogP contribution in [0.5, 0.6) is 0 Å². The van der Waals surface area contributed by atoms with Gasteiger partial charge in [-0.05, 0) is 42.9 Å². The zero-order valence-corrected chi connectivity index (χ0v) is 6.61. The Bertz CT molecular complexity index is 209. The van der Waals surface area contributed by atoms with Gasteiger partial charge in [0.05, 0.1) is 6.10 Å². The minimum Gasteiger partial charge on any atom is -0.389 e. The highest BCUT2D eigenvalue weighted by molar-refractivity contribution is 5.15. The van der Waals surface area contributed by atoms with Gasteiger partial charge in [0.15, 0.2) is 0 Å². The Morgan fingerprint density at radius 3 is 2.82 bits per heavy atom. The normalized spacial score (nSPS) is 58.8. The number of aliphatic hydroxyl groups excluding tert-OH is 1. The van der Waals surface area contributed by atoms with Crippen molar-refractivity contribution < 1.29 is 5.11 Å². The summed E-state index contributed by atoms with van der Waals surface area (Å²) < 4.78 is 0. The highest BCUT2D eigenvalue weighted by Gasteiger charge is 2.50. The Morgan fingerprint density at radius 2 is 2.00 bits per heavy atom. The lowest BCUT2D eigenvalue weighted by molar-refractivity contribution is 0.105. The van der Waals surface area contributed by atoms with Gasteiger partial charge in [0.2, 0.25) is 0 Å². The summed E-state index contributed by atoms with van der Waals surface area (Å²) in [6.07, 6.45) is 8.28. The molecule has 5 atom stereocenters. The van der Waals surface area contributed by atoms with E-state index in [1.54, 1.807) is 0 Å². The average molecular weight is 150 g/mol. The van der Waals surface area contributed by atoms with Crippen LogP contribution in [-0.2, 0) is 0 Å². The number of allylic oxidation sites excluding steroid dienone is 1. The van der Waals surface area contributed by atoms with Crippen LogP contribution in [-0.4, -0.2) is 11.2 Å². The van der Waals surface area contributed by atoms with Gasteiger partial charge in [0.25, 0.3) is 0 Å². The van der Waals surface area contributed by atoms with Crippen LogP contribution in [0.25, 0.3) is 0 Å². The summed E-state index contributed by atoms with van der Waals surface area (Å²) >= 11 is 0. The van der Waals surface area contributed by atoms with E-state index in [-0.39, 0.29) is 6.10 Å². The number of hydrogen-bond donors (Lipinski definition) is 1. The third-order valence-electron chi connectivity index (χ3n) is 4.00. The van der Waals surface area contributed by atoms with E-state index in [4.69, 9.17) is 0 Å². The summed E-state index contributed by atoms with van der Waals surface area (Å²) in [4.78, 5) is 0. The maximum absolute atomic E-state index is 9.63. The first-order chi connectivity index (χ1) is 5.36. The van der Waals surface area contributed by atoms with Crippen LogP contribution in [0.1, 0.15) is 19.3 Å². The molecule has 60 valence electrons. The summed E-state index contributed by atoms with van der Waals surface area (Å²) in [6.45, 7) is 0. The predicted molar refractivity (Wildman–Crippen MR) is 43.0 cm³/mol. The summed E-state index contributed by atoms with van der Waals surface area (Å²) in [7, 11) is 0. The highest BCUT2D eigenvalue weighted by Crippen LogP contribution is 2.56. The summed E-state index contributed by atoms with van der Waals surface area (Å²) in [5.74, 6) is 3.26. The minimum atomic E-state index is -0.110. The van der Waals surface area contributed by atoms with E-state index in [1.807, 2.05) is 6.08 Å². The van der Waals surface area contributed by atoms with Crippen LogP contribution < -0.4 is 0 Å². The van der Waals surface area contributed by atoms with Gasteiger partial charge in [-0.2, -0.15) is 0 Å². The zero-order valence-electron chi connectivity index (χ0n) is 6.61. The van der Waals surface area contributed by atoms with E-state index in [0.717, 1.165) is 17.8 Å². The molecule has 0 aromatic carbocycles. The lowest BCUT2D eigenvalue weighted by Gasteiger charge is -2.27. The average Bonchev–Trinajstić information content (AvgIpc) is 2.52. The molecular weight excluding hydrogens is 136 g/mol. The van der Waals surface area contributed by atoms with Crippen molar-refractivity contribution in [3.8, 4) is 0 Å². The second-order valence-corrected chi connectivity index (χ2v) is 4.35. The van der Waals surface area contributed by atoms with E-state index in [9.17, 15) is 5.11 Å². The summed E-state index contributed by atoms with van der Waals surface area (Å²) in [5.41, 5.74) is 0. The Morgan fingerprint density at radius 1 is 1.09 bits per heavy atom. The van der Waals surface area contributed by atoms with Crippen molar-refractivity contribution in [3.63, 3.8) is 0 Å². The minimum absolute atomic E-state index is 0.110. The van der Waals surface area contributed by atoms with Gasteiger partial charge < -0.3 is 5.11 Å². The first-order valence-electron chi connectivity index (χ1n) is 4.72. The molecule has 5 unspecified atom stereocenters. The molecule has 11 heavy (non-hydrogen) atoms. The van der Waals surface area contributed by atoms with Crippen LogP contribution >= 0.6 is 0 Å². The molecule has 1 N–H and O–H groups in total. The van der Waals surface area contributed by atoms with Crippen LogP contribution in [0.3, 0.4) is 0 Å². The molecule has 2 fully saturated rings. The maximum Gasteiger partial charge on any atom is 0.0752 e. The molecule has 1 heteroatoms. The largest absolute Gasteiger partial charge is 0.389 e. The van der Waals surface area contributed by atoms with Crippen molar-refractivity contribution in [3.05, 3.63) is 12.2 Å². The lowest BCUT2D eigenvalue weighted by Crippen LogP contribution is -2.27. The van der Waals surface area contributed by atoms with Crippen molar-refractivity contribution in [2.75, 3.05) is 0 Å². The fraction of sp³-hybridized carbons (Fsp3) is 0.800. The van der Waals surface area contributed by atoms with Crippen molar-refractivity contribution in [2.24, 2.45) is 23.7 Å². The molecule has 0 amide bonds. The molecule has 0 radical (unpaired) electrons. The Balaban J connectivity index is 2.01. The van der Waals surface area contributed by atoms with Crippen LogP contribution in [0, 0.1) is 23.7 Å².